The molecule has 0 saturated heterocycles. The molecule has 4 aromatic rings. The monoisotopic (exact) mass is 238 g/mol. The Morgan fingerprint density at radius 2 is 2.11 bits per heavy atom. The fourth-order valence-corrected chi connectivity index (χ4v) is 2.06. The maximum Gasteiger partial charge on any atom is 0.200 e. The highest BCUT2D eigenvalue weighted by Gasteiger charge is 2.09. The Kier molecular flexibility index (Phi) is 1.59. The first kappa shape index (κ1) is 9.23. The van der Waals surface area contributed by atoms with Gasteiger partial charge in [0, 0.05) is 6.20 Å². The van der Waals surface area contributed by atoms with E-state index in [0.29, 0.717) is 27.7 Å². The molecule has 4 rings (SSSR count). The van der Waals surface area contributed by atoms with Crippen molar-refractivity contribution in [1.82, 2.24) is 30.0 Å². The van der Waals surface area contributed by atoms with Crippen molar-refractivity contribution >= 4 is 27.7 Å². The molecule has 0 aliphatic carbocycles. The zero-order valence-corrected chi connectivity index (χ0v) is 9.03. The van der Waals surface area contributed by atoms with E-state index >= 15 is 0 Å². The molecule has 0 fully saturated rings. The number of nitrogens with zero attached hydrogens (tertiary/aromatic N) is 5. The molecule has 0 saturated carbocycles. The molecule has 0 spiro atoms. The highest BCUT2D eigenvalue weighted by Crippen LogP contribution is 2.13. The fraction of sp³-hybridized carbons (Fsp3) is 0. The van der Waals surface area contributed by atoms with Crippen LogP contribution in [-0.2, 0) is 0 Å². The number of tetrazole rings is 1. The van der Waals surface area contributed by atoms with Gasteiger partial charge in [-0.3, -0.25) is 4.79 Å². The first-order valence-electron chi connectivity index (χ1n) is 5.32. The van der Waals surface area contributed by atoms with Gasteiger partial charge in [0.2, 0.25) is 0 Å². The summed E-state index contributed by atoms with van der Waals surface area (Å²) < 4.78 is 1.49. The SMILES string of the molecule is O=c1c2cccnc2[nH]c2c1ccc1nnnn12. The molecule has 7 heteroatoms. The van der Waals surface area contributed by atoms with Crippen LogP contribution in [0.25, 0.3) is 27.7 Å². The van der Waals surface area contributed by atoms with Crippen molar-refractivity contribution in [3.05, 3.63) is 40.7 Å². The van der Waals surface area contributed by atoms with Crippen LogP contribution in [0, 0.1) is 0 Å². The quantitative estimate of drug-likeness (QED) is 0.451. The summed E-state index contributed by atoms with van der Waals surface area (Å²) in [5.41, 5.74) is 1.57. The normalized spacial score (nSPS) is 11.6. The molecule has 0 aromatic carbocycles. The Labute approximate surface area is 99.1 Å². The lowest BCUT2D eigenvalue weighted by molar-refractivity contribution is 0.836. The van der Waals surface area contributed by atoms with E-state index in [2.05, 4.69) is 25.5 Å². The van der Waals surface area contributed by atoms with E-state index in [1.54, 1.807) is 30.5 Å². The van der Waals surface area contributed by atoms with Crippen LogP contribution >= 0.6 is 0 Å². The van der Waals surface area contributed by atoms with E-state index in [9.17, 15) is 4.79 Å². The van der Waals surface area contributed by atoms with Crippen LogP contribution in [-0.4, -0.2) is 30.0 Å². The Balaban J connectivity index is 2.38. The standard InChI is InChI=1S/C11H6N6O/c18-9-6-2-1-5-12-10(6)13-11-7(9)3-4-8-14-15-16-17(8)11/h1-5H,(H,12,13,18). The number of nitrogens with one attached hydrogen (secondary N) is 1. The Bertz CT molecular complexity index is 954. The molecule has 0 bridgehead atoms. The molecule has 86 valence electrons. The van der Waals surface area contributed by atoms with Gasteiger partial charge in [0.25, 0.3) is 0 Å². The number of fused-ring (bicyclic) bond motifs is 4. The Morgan fingerprint density at radius 1 is 1.17 bits per heavy atom. The number of pyridine rings is 3. The van der Waals surface area contributed by atoms with Gasteiger partial charge in [-0.2, -0.15) is 4.52 Å². The highest BCUT2D eigenvalue weighted by molar-refractivity contribution is 5.89. The summed E-state index contributed by atoms with van der Waals surface area (Å²) in [7, 11) is 0. The average Bonchev–Trinajstić information content (AvgIpc) is 2.88. The lowest BCUT2D eigenvalue weighted by Crippen LogP contribution is -2.08. The molecule has 0 atom stereocenters. The van der Waals surface area contributed by atoms with Gasteiger partial charge >= 0.3 is 0 Å². The minimum atomic E-state index is -0.0794. The van der Waals surface area contributed by atoms with E-state index < -0.39 is 0 Å². The van der Waals surface area contributed by atoms with Gasteiger partial charge in [-0.25, -0.2) is 4.98 Å². The molecule has 18 heavy (non-hydrogen) atoms. The maximum atomic E-state index is 12.3. The first-order chi connectivity index (χ1) is 8.84. The average molecular weight is 238 g/mol. The summed E-state index contributed by atoms with van der Waals surface area (Å²) in [4.78, 5) is 19.5. The molecular weight excluding hydrogens is 232 g/mol. The van der Waals surface area contributed by atoms with Gasteiger partial charge < -0.3 is 4.98 Å². The molecule has 0 aliphatic heterocycles. The van der Waals surface area contributed by atoms with Crippen LogP contribution < -0.4 is 5.43 Å². The third-order valence-corrected chi connectivity index (χ3v) is 2.89. The van der Waals surface area contributed by atoms with Crippen molar-refractivity contribution in [3.63, 3.8) is 0 Å². The third kappa shape index (κ3) is 1.05. The van der Waals surface area contributed by atoms with Gasteiger partial charge in [-0.15, -0.1) is 5.10 Å². The predicted octanol–water partition coefficient (Wildman–Crippen LogP) is 0.514. The van der Waals surface area contributed by atoms with E-state index in [0.717, 1.165) is 0 Å². The molecule has 7 nitrogen and oxygen atoms in total. The number of hydrogen-bond donors (Lipinski definition) is 1. The topological polar surface area (TPSA) is 88.8 Å². The summed E-state index contributed by atoms with van der Waals surface area (Å²) in [6, 6.07) is 6.90. The highest BCUT2D eigenvalue weighted by atomic mass is 16.1. The molecule has 4 aromatic heterocycles. The number of aromatic nitrogens is 6. The third-order valence-electron chi connectivity index (χ3n) is 2.89. The number of aromatic amines is 1. The van der Waals surface area contributed by atoms with Crippen LogP contribution in [0.15, 0.2) is 35.3 Å². The second kappa shape index (κ2) is 3.10. The van der Waals surface area contributed by atoms with Crippen LogP contribution in [0.1, 0.15) is 0 Å². The second-order valence-electron chi connectivity index (χ2n) is 3.90. The van der Waals surface area contributed by atoms with Crippen molar-refractivity contribution in [3.8, 4) is 0 Å². The molecule has 0 radical (unpaired) electrons. The largest absolute Gasteiger partial charge is 0.324 e. The van der Waals surface area contributed by atoms with Crippen molar-refractivity contribution in [2.75, 3.05) is 0 Å². The number of rotatable bonds is 0. The summed E-state index contributed by atoms with van der Waals surface area (Å²) in [6.45, 7) is 0. The molecular formula is C11H6N6O. The van der Waals surface area contributed by atoms with Gasteiger partial charge in [-0.1, -0.05) is 0 Å². The summed E-state index contributed by atoms with van der Waals surface area (Å²) >= 11 is 0. The molecule has 0 aliphatic rings. The minimum Gasteiger partial charge on any atom is -0.324 e. The lowest BCUT2D eigenvalue weighted by Gasteiger charge is -2.02. The van der Waals surface area contributed by atoms with Crippen LogP contribution in [0.4, 0.5) is 0 Å². The number of H-pyrrole nitrogens is 1. The van der Waals surface area contributed by atoms with Gasteiger partial charge in [-0.05, 0) is 34.7 Å². The van der Waals surface area contributed by atoms with Crippen LogP contribution in [0.2, 0.25) is 0 Å². The molecule has 4 heterocycles. The Hall–Kier alpha value is -2.83. The maximum absolute atomic E-state index is 12.3. The van der Waals surface area contributed by atoms with E-state index in [1.165, 1.54) is 4.52 Å². The summed E-state index contributed by atoms with van der Waals surface area (Å²) in [6.07, 6.45) is 1.63. The zero-order valence-electron chi connectivity index (χ0n) is 9.03. The van der Waals surface area contributed by atoms with Crippen LogP contribution in [0.3, 0.4) is 0 Å². The Morgan fingerprint density at radius 3 is 3.06 bits per heavy atom. The fourth-order valence-electron chi connectivity index (χ4n) is 2.06. The van der Waals surface area contributed by atoms with Crippen molar-refractivity contribution in [1.29, 1.82) is 0 Å². The smallest absolute Gasteiger partial charge is 0.200 e. The van der Waals surface area contributed by atoms with Crippen molar-refractivity contribution in [2.45, 2.75) is 0 Å². The predicted molar refractivity (Wildman–Crippen MR) is 64.2 cm³/mol. The lowest BCUT2D eigenvalue weighted by atomic mass is 10.2. The first-order valence-corrected chi connectivity index (χ1v) is 5.32. The van der Waals surface area contributed by atoms with E-state index in [-0.39, 0.29) is 5.43 Å². The van der Waals surface area contributed by atoms with Gasteiger partial charge in [0.05, 0.1) is 10.8 Å². The van der Waals surface area contributed by atoms with Gasteiger partial charge in [0.15, 0.2) is 11.1 Å². The van der Waals surface area contributed by atoms with E-state index in [4.69, 9.17) is 0 Å². The van der Waals surface area contributed by atoms with Crippen molar-refractivity contribution < 1.29 is 0 Å². The molecule has 1 N–H and O–H groups in total. The van der Waals surface area contributed by atoms with Gasteiger partial charge in [0.1, 0.15) is 11.3 Å². The summed E-state index contributed by atoms with van der Waals surface area (Å²) in [5, 5.41) is 12.4. The molecule has 0 amide bonds. The zero-order chi connectivity index (χ0) is 12.1. The molecule has 0 unspecified atom stereocenters. The van der Waals surface area contributed by atoms with Crippen molar-refractivity contribution in [2.24, 2.45) is 0 Å². The van der Waals surface area contributed by atoms with E-state index in [1.807, 2.05) is 0 Å². The number of hydrogen-bond acceptors (Lipinski definition) is 5. The van der Waals surface area contributed by atoms with Crippen LogP contribution in [0.5, 0.6) is 0 Å². The second-order valence-corrected chi connectivity index (χ2v) is 3.90. The minimum absolute atomic E-state index is 0.0794. The summed E-state index contributed by atoms with van der Waals surface area (Å²) in [5.74, 6) is 0.